The summed E-state index contributed by atoms with van der Waals surface area (Å²) in [7, 11) is -0.603. The lowest BCUT2D eigenvalue weighted by atomic mass is 9.94. The summed E-state index contributed by atoms with van der Waals surface area (Å²) in [5, 5.41) is 16.9. The van der Waals surface area contributed by atoms with E-state index in [1.807, 2.05) is 30.3 Å². The molecular weight excluding hydrogens is 824 g/mol. The molecular formula is C49H40IOP3. The molecule has 0 heterocycles. The standard InChI is InChI=1S/C49H40OP3.HI/c1-5-17-39(18-6-1)50-40-28-30-41(31-29-40)52-46-35-38-26-25-36-15-13-16-37-27-32-45(48(38)47(36)37)49(46)51-33-14-34-53(42-19-7-2-8-20-42,43-21-9-3-10-22-43)44-23-11-4-12-24-44;/h1-13,15-32,35,51-52H,14,33-34H2;1H/q+1;/p-1. The highest BCUT2D eigenvalue weighted by Crippen LogP contribution is 2.56. The van der Waals surface area contributed by atoms with Gasteiger partial charge < -0.3 is 28.7 Å². The highest BCUT2D eigenvalue weighted by atomic mass is 127. The SMILES string of the molecule is [I-].c1ccc(Oc2ccc(Pc3cc4ccc5cccc6ccc(c3PCCC[P+](c3ccccc3)(c3ccccc3)c3ccccc3)c4c56)cc2)cc1. The van der Waals surface area contributed by atoms with Gasteiger partial charge in [-0.15, -0.1) is 0 Å². The van der Waals surface area contributed by atoms with Crippen molar-refractivity contribution in [3.05, 3.63) is 194 Å². The van der Waals surface area contributed by atoms with Gasteiger partial charge in [-0.1, -0.05) is 145 Å². The number of rotatable bonds is 12. The lowest BCUT2D eigenvalue weighted by Crippen LogP contribution is -3.00. The van der Waals surface area contributed by atoms with Crippen LogP contribution in [0.3, 0.4) is 0 Å². The van der Waals surface area contributed by atoms with Gasteiger partial charge in [-0.25, -0.2) is 0 Å². The first kappa shape index (κ1) is 36.8. The van der Waals surface area contributed by atoms with Crippen molar-refractivity contribution in [1.29, 1.82) is 0 Å². The van der Waals surface area contributed by atoms with E-state index in [-0.39, 0.29) is 24.0 Å². The van der Waals surface area contributed by atoms with Crippen LogP contribution in [0.5, 0.6) is 11.5 Å². The van der Waals surface area contributed by atoms with Crippen LogP contribution >= 0.6 is 24.4 Å². The summed E-state index contributed by atoms with van der Waals surface area (Å²) in [6.45, 7) is 0. The fraction of sp³-hybridized carbons (Fsp3) is 0.0612. The topological polar surface area (TPSA) is 9.23 Å². The van der Waals surface area contributed by atoms with Gasteiger partial charge in [-0.05, 0) is 128 Å². The summed E-state index contributed by atoms with van der Waals surface area (Å²) in [6.07, 6.45) is 3.45. The van der Waals surface area contributed by atoms with Crippen LogP contribution in [0.4, 0.5) is 0 Å². The fourth-order valence-corrected chi connectivity index (χ4v) is 15.4. The van der Waals surface area contributed by atoms with Crippen LogP contribution in [0.25, 0.3) is 32.3 Å². The first-order valence-electron chi connectivity index (χ1n) is 18.4. The van der Waals surface area contributed by atoms with Gasteiger partial charge in [0.2, 0.25) is 0 Å². The monoisotopic (exact) mass is 864 g/mol. The summed E-state index contributed by atoms with van der Waals surface area (Å²) in [4.78, 5) is 0. The molecule has 5 heteroatoms. The van der Waals surface area contributed by atoms with Crippen LogP contribution in [0, 0.1) is 0 Å². The lowest BCUT2D eigenvalue weighted by Gasteiger charge is -2.28. The molecule has 0 saturated heterocycles. The van der Waals surface area contributed by atoms with Crippen LogP contribution in [-0.2, 0) is 0 Å². The van der Waals surface area contributed by atoms with Gasteiger partial charge in [0.15, 0.2) is 0 Å². The Balaban J connectivity index is 0.00000413. The highest BCUT2D eigenvalue weighted by molar-refractivity contribution is 7.95. The zero-order valence-corrected chi connectivity index (χ0v) is 34.9. The van der Waals surface area contributed by atoms with Crippen molar-refractivity contribution in [2.75, 3.05) is 12.3 Å². The Hall–Kier alpha value is -4.16. The minimum atomic E-state index is -1.87. The summed E-state index contributed by atoms with van der Waals surface area (Å²) < 4.78 is 6.14. The summed E-state index contributed by atoms with van der Waals surface area (Å²) >= 11 is 0. The van der Waals surface area contributed by atoms with Crippen molar-refractivity contribution in [2.45, 2.75) is 6.42 Å². The molecule has 0 radical (unpaired) electrons. The van der Waals surface area contributed by atoms with E-state index >= 15 is 0 Å². The molecule has 54 heavy (non-hydrogen) atoms. The minimum absolute atomic E-state index is 0. The molecule has 264 valence electrons. The van der Waals surface area contributed by atoms with Crippen molar-refractivity contribution in [1.82, 2.24) is 0 Å². The smallest absolute Gasteiger partial charge is 0.127 e. The Bertz CT molecular complexity index is 2490. The average molecular weight is 865 g/mol. The molecule has 1 nitrogen and oxygen atoms in total. The number of para-hydroxylation sites is 1. The fourth-order valence-electron chi connectivity index (χ4n) is 7.90. The van der Waals surface area contributed by atoms with E-state index in [0.29, 0.717) is 17.2 Å². The van der Waals surface area contributed by atoms with E-state index < -0.39 is 7.26 Å². The van der Waals surface area contributed by atoms with E-state index in [1.54, 1.807) is 0 Å². The van der Waals surface area contributed by atoms with Crippen molar-refractivity contribution in [2.24, 2.45) is 0 Å². The van der Waals surface area contributed by atoms with E-state index in [1.165, 1.54) is 64.1 Å². The molecule has 0 saturated carbocycles. The van der Waals surface area contributed by atoms with Crippen LogP contribution in [0.2, 0.25) is 0 Å². The molecule has 0 bridgehead atoms. The van der Waals surface area contributed by atoms with Gasteiger partial charge in [0.25, 0.3) is 0 Å². The predicted octanol–water partition coefficient (Wildman–Crippen LogP) is 7.70. The van der Waals surface area contributed by atoms with Gasteiger partial charge in [0, 0.05) is 0 Å². The molecule has 0 spiro atoms. The molecule has 2 atom stereocenters. The molecule has 0 aliphatic heterocycles. The molecule has 0 aliphatic carbocycles. The van der Waals surface area contributed by atoms with Crippen LogP contribution < -0.4 is 60.5 Å². The number of benzene rings is 9. The van der Waals surface area contributed by atoms with E-state index in [0.717, 1.165) is 30.2 Å². The molecule has 2 unspecified atom stereocenters. The van der Waals surface area contributed by atoms with E-state index in [4.69, 9.17) is 4.74 Å². The lowest BCUT2D eigenvalue weighted by molar-refractivity contribution is -0.0000103. The van der Waals surface area contributed by atoms with Crippen molar-refractivity contribution in [3.8, 4) is 11.5 Å². The Morgan fingerprint density at radius 3 is 1.57 bits per heavy atom. The number of ether oxygens (including phenoxy) is 1. The molecule has 0 aromatic heterocycles. The van der Waals surface area contributed by atoms with E-state index in [2.05, 4.69) is 164 Å². The molecule has 0 fully saturated rings. The maximum atomic E-state index is 6.14. The first-order chi connectivity index (χ1) is 26.3. The van der Waals surface area contributed by atoms with Crippen molar-refractivity contribution in [3.63, 3.8) is 0 Å². The summed E-state index contributed by atoms with van der Waals surface area (Å²) in [5.41, 5.74) is 0. The third kappa shape index (κ3) is 7.31. The zero-order chi connectivity index (χ0) is 35.5. The van der Waals surface area contributed by atoms with Gasteiger partial charge in [0.05, 0.1) is 6.16 Å². The Morgan fingerprint density at radius 2 is 0.981 bits per heavy atom. The second-order valence-electron chi connectivity index (χ2n) is 13.5. The second-order valence-corrected chi connectivity index (χ2v) is 19.9. The largest absolute Gasteiger partial charge is 1.00 e. The van der Waals surface area contributed by atoms with Gasteiger partial charge in [-0.3, -0.25) is 0 Å². The predicted molar refractivity (Wildman–Crippen MR) is 238 cm³/mol. The third-order valence-electron chi connectivity index (χ3n) is 10.3. The van der Waals surface area contributed by atoms with Crippen LogP contribution in [0.15, 0.2) is 194 Å². The van der Waals surface area contributed by atoms with Gasteiger partial charge >= 0.3 is 0 Å². The number of halogens is 1. The van der Waals surface area contributed by atoms with E-state index in [9.17, 15) is 0 Å². The Kier molecular flexibility index (Phi) is 11.4. The molecule has 9 rings (SSSR count). The third-order valence-corrected chi connectivity index (χ3v) is 17.9. The maximum Gasteiger partial charge on any atom is 0.127 e. The van der Waals surface area contributed by atoms with Crippen molar-refractivity contribution >= 4 is 88.6 Å². The van der Waals surface area contributed by atoms with Gasteiger partial charge in [-0.2, -0.15) is 0 Å². The molecule has 0 aliphatic rings. The normalized spacial score (nSPS) is 12.0. The summed E-state index contributed by atoms with van der Waals surface area (Å²) in [5.74, 6) is 1.72. The first-order valence-corrected chi connectivity index (χ1v) is 22.5. The molecule has 0 N–H and O–H groups in total. The maximum absolute atomic E-state index is 6.14. The quantitative estimate of drug-likeness (QED) is 0.0530. The average Bonchev–Trinajstić information content (AvgIpc) is 3.23. The highest BCUT2D eigenvalue weighted by Gasteiger charge is 2.44. The Morgan fingerprint density at radius 1 is 0.463 bits per heavy atom. The van der Waals surface area contributed by atoms with Crippen LogP contribution in [0.1, 0.15) is 6.42 Å². The molecule has 9 aromatic carbocycles. The number of hydrogen-bond acceptors (Lipinski definition) is 1. The minimum Gasteiger partial charge on any atom is -1.00 e. The van der Waals surface area contributed by atoms with Crippen molar-refractivity contribution < 1.29 is 28.7 Å². The number of hydrogen-bond donors (Lipinski definition) is 0. The summed E-state index contributed by atoms with van der Waals surface area (Å²) in [6, 6.07) is 71.3. The zero-order valence-electron chi connectivity index (χ0n) is 29.8. The Labute approximate surface area is 339 Å². The van der Waals surface area contributed by atoms with Gasteiger partial charge in [0.1, 0.15) is 34.7 Å². The van der Waals surface area contributed by atoms with Crippen LogP contribution in [-0.4, -0.2) is 12.3 Å². The second kappa shape index (κ2) is 16.7. The molecule has 0 amide bonds. The molecule has 9 aromatic rings.